The van der Waals surface area contributed by atoms with Gasteiger partial charge < -0.3 is 9.05 Å². The summed E-state index contributed by atoms with van der Waals surface area (Å²) in [6, 6.07) is 59.8. The van der Waals surface area contributed by atoms with Crippen molar-refractivity contribution in [2.45, 2.75) is 47.1 Å². The van der Waals surface area contributed by atoms with E-state index in [0.29, 0.717) is 11.5 Å². The molecule has 0 amide bonds. The highest BCUT2D eigenvalue weighted by molar-refractivity contribution is 7.49. The molecule has 1 aliphatic rings. The second-order valence-corrected chi connectivity index (χ2v) is 18.2. The molecule has 0 N–H and O–H groups in total. The molecule has 9 aromatic carbocycles. The van der Waals surface area contributed by atoms with Crippen LogP contribution in [0.2, 0.25) is 0 Å². The Kier molecular flexibility index (Phi) is 9.75. The van der Waals surface area contributed by atoms with Crippen LogP contribution in [0.25, 0.3) is 54.9 Å². The van der Waals surface area contributed by atoms with E-state index in [1.54, 1.807) is 0 Å². The second-order valence-electron chi connectivity index (χ2n) is 16.7. The molecule has 0 atom stereocenters. The van der Waals surface area contributed by atoms with Crippen molar-refractivity contribution >= 4 is 29.4 Å². The highest BCUT2D eigenvalue weighted by Crippen LogP contribution is 2.66. The van der Waals surface area contributed by atoms with Crippen molar-refractivity contribution in [3.8, 4) is 44.9 Å². The fourth-order valence-corrected chi connectivity index (χ4v) is 11.6. The van der Waals surface area contributed by atoms with Crippen LogP contribution in [0.3, 0.4) is 0 Å². The Bertz CT molecular complexity index is 2950. The van der Waals surface area contributed by atoms with Crippen LogP contribution in [0.1, 0.15) is 50.1 Å². The standard InChI is InChI=1S/C57H47O4P/c1-36-30-38(3)51(39(4)31-36)49-34-42-20-16-18-28-47(42)53-54-48-29-19-17-21-43(48)35-50(52-40(5)32-37(2)33-41(52)6)56(54)60-62(58,59-55(49)53)61-57(44-22-10-7-11-23-44,45-24-12-8-13-25-45)46-26-14-9-15-27-46/h7-35H,1-6H3. The molecule has 62 heavy (non-hydrogen) atoms. The van der Waals surface area contributed by atoms with Crippen molar-refractivity contribution in [1.29, 1.82) is 0 Å². The molecular formula is C57H47O4P. The Balaban J connectivity index is 1.39. The third-order valence-electron chi connectivity index (χ3n) is 12.3. The van der Waals surface area contributed by atoms with Crippen LogP contribution < -0.4 is 9.05 Å². The number of phosphoric acid groups is 1. The molecule has 0 fully saturated rings. The Morgan fingerprint density at radius 3 is 1.08 bits per heavy atom. The predicted molar refractivity (Wildman–Crippen MR) is 255 cm³/mol. The van der Waals surface area contributed by atoms with Gasteiger partial charge in [0, 0.05) is 22.3 Å². The van der Waals surface area contributed by atoms with Crippen molar-refractivity contribution in [3.05, 3.63) is 226 Å². The molecule has 0 radical (unpaired) electrons. The molecule has 1 heterocycles. The average molecular weight is 827 g/mol. The largest absolute Gasteiger partial charge is 0.589 e. The highest BCUT2D eigenvalue weighted by Gasteiger charge is 2.50. The number of fused-ring (bicyclic) bond motifs is 7. The first-order valence-electron chi connectivity index (χ1n) is 21.2. The Morgan fingerprint density at radius 1 is 0.403 bits per heavy atom. The van der Waals surface area contributed by atoms with Crippen LogP contribution in [-0.2, 0) is 14.7 Å². The van der Waals surface area contributed by atoms with Gasteiger partial charge in [0.2, 0.25) is 0 Å². The lowest BCUT2D eigenvalue weighted by Gasteiger charge is -2.37. The summed E-state index contributed by atoms with van der Waals surface area (Å²) in [6.45, 7) is 12.8. The quantitative estimate of drug-likeness (QED) is 0.119. The minimum atomic E-state index is -4.77. The van der Waals surface area contributed by atoms with Crippen molar-refractivity contribution in [3.63, 3.8) is 0 Å². The van der Waals surface area contributed by atoms with Gasteiger partial charge in [-0.05, 0) is 125 Å². The number of benzene rings is 9. The van der Waals surface area contributed by atoms with Crippen molar-refractivity contribution in [2.24, 2.45) is 0 Å². The van der Waals surface area contributed by atoms with E-state index in [1.165, 1.54) is 0 Å². The fraction of sp³-hybridized carbons (Fsp3) is 0.123. The van der Waals surface area contributed by atoms with E-state index in [-0.39, 0.29) is 0 Å². The van der Waals surface area contributed by atoms with E-state index in [9.17, 15) is 0 Å². The molecular weight excluding hydrogens is 780 g/mol. The third kappa shape index (κ3) is 6.54. The Labute approximate surface area is 364 Å². The maximum absolute atomic E-state index is 16.9. The second kappa shape index (κ2) is 15.3. The molecule has 0 unspecified atom stereocenters. The van der Waals surface area contributed by atoms with Crippen LogP contribution in [0.4, 0.5) is 0 Å². The predicted octanol–water partition coefficient (Wildman–Crippen LogP) is 15.7. The number of hydrogen-bond acceptors (Lipinski definition) is 4. The van der Waals surface area contributed by atoms with Gasteiger partial charge >= 0.3 is 7.82 Å². The monoisotopic (exact) mass is 826 g/mol. The van der Waals surface area contributed by atoms with E-state index in [4.69, 9.17) is 13.6 Å². The van der Waals surface area contributed by atoms with Crippen molar-refractivity contribution in [1.82, 2.24) is 0 Å². The summed E-state index contributed by atoms with van der Waals surface area (Å²) in [5.41, 5.74) is 12.8. The smallest absolute Gasteiger partial charge is 0.394 e. The van der Waals surface area contributed by atoms with Crippen LogP contribution in [0.5, 0.6) is 11.5 Å². The molecule has 10 rings (SSSR count). The van der Waals surface area contributed by atoms with Gasteiger partial charge in [0.05, 0.1) is 0 Å². The lowest BCUT2D eigenvalue weighted by molar-refractivity contribution is 0.107. The van der Waals surface area contributed by atoms with Gasteiger partial charge in [-0.3, -0.25) is 0 Å². The lowest BCUT2D eigenvalue weighted by atomic mass is 9.80. The van der Waals surface area contributed by atoms with E-state index >= 15 is 4.57 Å². The lowest BCUT2D eigenvalue weighted by Crippen LogP contribution is -2.33. The Hall–Kier alpha value is -6.71. The molecule has 0 aromatic heterocycles. The molecule has 4 nitrogen and oxygen atoms in total. The molecule has 0 saturated carbocycles. The molecule has 1 aliphatic heterocycles. The van der Waals surface area contributed by atoms with Crippen molar-refractivity contribution < 1.29 is 18.1 Å². The topological polar surface area (TPSA) is 44.8 Å². The number of phosphoric ester groups is 1. The minimum absolute atomic E-state index is 0.448. The first-order valence-corrected chi connectivity index (χ1v) is 22.7. The maximum Gasteiger partial charge on any atom is 0.589 e. The first kappa shape index (κ1) is 39.4. The zero-order valence-electron chi connectivity index (χ0n) is 35.8. The number of rotatable bonds is 7. The Morgan fingerprint density at radius 2 is 0.726 bits per heavy atom. The minimum Gasteiger partial charge on any atom is -0.394 e. The van der Waals surface area contributed by atoms with Crippen LogP contribution >= 0.6 is 7.82 Å². The van der Waals surface area contributed by atoms with Gasteiger partial charge in [-0.25, -0.2) is 9.09 Å². The molecule has 0 aliphatic carbocycles. The summed E-state index contributed by atoms with van der Waals surface area (Å²) in [4.78, 5) is 0. The molecule has 304 valence electrons. The van der Waals surface area contributed by atoms with Gasteiger partial charge in [-0.2, -0.15) is 0 Å². The summed E-state index contributed by atoms with van der Waals surface area (Å²) >= 11 is 0. The normalized spacial score (nSPS) is 13.2. The third-order valence-corrected chi connectivity index (χ3v) is 13.7. The number of aryl methyl sites for hydroxylation is 6. The van der Waals surface area contributed by atoms with Gasteiger partial charge in [0.15, 0.2) is 5.60 Å². The molecule has 9 aromatic rings. The van der Waals surface area contributed by atoms with Crippen molar-refractivity contribution in [2.75, 3.05) is 0 Å². The van der Waals surface area contributed by atoms with Gasteiger partial charge in [0.25, 0.3) is 0 Å². The zero-order chi connectivity index (χ0) is 42.8. The fourth-order valence-electron chi connectivity index (χ4n) is 10.0. The summed E-state index contributed by atoms with van der Waals surface area (Å²) < 4.78 is 39.1. The molecule has 0 saturated heterocycles. The molecule has 5 heteroatoms. The summed E-state index contributed by atoms with van der Waals surface area (Å²) in [5.74, 6) is 0.896. The summed E-state index contributed by atoms with van der Waals surface area (Å²) in [5, 5.41) is 3.95. The van der Waals surface area contributed by atoms with E-state index in [2.05, 4.69) is 126 Å². The maximum atomic E-state index is 16.9. The van der Waals surface area contributed by atoms with Crippen LogP contribution in [0.15, 0.2) is 176 Å². The van der Waals surface area contributed by atoms with Gasteiger partial charge in [-0.1, -0.05) is 175 Å². The number of hydrogen-bond donors (Lipinski definition) is 0. The summed E-state index contributed by atoms with van der Waals surface area (Å²) in [6.07, 6.45) is 0. The zero-order valence-corrected chi connectivity index (χ0v) is 36.7. The average Bonchev–Trinajstić information content (AvgIpc) is 3.40. The van der Waals surface area contributed by atoms with Gasteiger partial charge in [0.1, 0.15) is 11.5 Å². The molecule has 0 spiro atoms. The van der Waals surface area contributed by atoms with Crippen LogP contribution in [-0.4, -0.2) is 0 Å². The highest BCUT2D eigenvalue weighted by atomic mass is 31.2. The van der Waals surface area contributed by atoms with E-state index < -0.39 is 13.4 Å². The van der Waals surface area contributed by atoms with E-state index in [0.717, 1.165) is 105 Å². The summed E-state index contributed by atoms with van der Waals surface area (Å²) in [7, 11) is -4.77. The van der Waals surface area contributed by atoms with Gasteiger partial charge in [-0.15, -0.1) is 0 Å². The molecule has 0 bridgehead atoms. The SMILES string of the molecule is Cc1cc(C)c(-c2cc3ccccc3c3c2OP(=O)(OC(c2ccccc2)(c2ccccc2)c2ccccc2)Oc2c(-c4c(C)cc(C)cc4C)cc4ccccc4c2-3)c(C)c1. The van der Waals surface area contributed by atoms with Crippen LogP contribution in [0, 0.1) is 41.5 Å². The first-order chi connectivity index (χ1) is 30.0. The van der Waals surface area contributed by atoms with E-state index in [1.807, 2.05) is 91.0 Å².